The van der Waals surface area contributed by atoms with Gasteiger partial charge in [-0.15, -0.1) is 11.3 Å². The van der Waals surface area contributed by atoms with Crippen LogP contribution >= 0.6 is 11.3 Å². The molecule has 0 saturated heterocycles. The second-order valence-corrected chi connectivity index (χ2v) is 6.53. The molecule has 1 aromatic heterocycles. The van der Waals surface area contributed by atoms with Crippen molar-refractivity contribution in [1.29, 1.82) is 0 Å². The number of hydrogen-bond acceptors (Lipinski definition) is 3. The summed E-state index contributed by atoms with van der Waals surface area (Å²) in [5, 5.41) is 3.60. The third-order valence-corrected chi connectivity index (χ3v) is 4.94. The maximum absolute atomic E-state index is 5.58. The van der Waals surface area contributed by atoms with Crippen molar-refractivity contribution >= 4 is 11.3 Å². The molecule has 1 atom stereocenters. The van der Waals surface area contributed by atoms with E-state index in [2.05, 4.69) is 56.4 Å². The Balaban J connectivity index is 2.25. The third kappa shape index (κ3) is 4.08. The van der Waals surface area contributed by atoms with Crippen LogP contribution in [0.1, 0.15) is 40.8 Å². The molecular formula is C18H25NOS. The number of likely N-dealkylation sites (N-methyl/N-ethyl adjacent to an activating group) is 1. The molecule has 2 rings (SSSR count). The molecule has 21 heavy (non-hydrogen) atoms. The highest BCUT2D eigenvalue weighted by molar-refractivity contribution is 7.11. The molecule has 0 aliphatic rings. The first-order chi connectivity index (χ1) is 10.2. The van der Waals surface area contributed by atoms with Gasteiger partial charge in [0.1, 0.15) is 5.75 Å². The lowest BCUT2D eigenvalue weighted by Crippen LogP contribution is -2.23. The quantitative estimate of drug-likeness (QED) is 0.812. The lowest BCUT2D eigenvalue weighted by Gasteiger charge is -2.20. The van der Waals surface area contributed by atoms with E-state index in [1.807, 2.05) is 11.3 Å². The van der Waals surface area contributed by atoms with Crippen LogP contribution in [-0.4, -0.2) is 13.7 Å². The smallest absolute Gasteiger partial charge is 0.123 e. The molecule has 1 aromatic carbocycles. The Morgan fingerprint density at radius 1 is 1.14 bits per heavy atom. The van der Waals surface area contributed by atoms with Gasteiger partial charge < -0.3 is 10.1 Å². The monoisotopic (exact) mass is 303 g/mol. The minimum atomic E-state index is 0.300. The molecule has 2 aromatic rings. The van der Waals surface area contributed by atoms with E-state index in [1.54, 1.807) is 7.11 Å². The molecule has 2 nitrogen and oxygen atoms in total. The van der Waals surface area contributed by atoms with Gasteiger partial charge in [-0.3, -0.25) is 0 Å². The first kappa shape index (κ1) is 16.1. The van der Waals surface area contributed by atoms with Crippen molar-refractivity contribution in [2.24, 2.45) is 0 Å². The average Bonchev–Trinajstić information content (AvgIpc) is 2.94. The van der Waals surface area contributed by atoms with Crippen LogP contribution in [0.4, 0.5) is 0 Å². The Kier molecular flexibility index (Phi) is 5.83. The zero-order chi connectivity index (χ0) is 15.2. The summed E-state index contributed by atoms with van der Waals surface area (Å²) in [6, 6.07) is 11.3. The van der Waals surface area contributed by atoms with E-state index in [1.165, 1.54) is 20.9 Å². The van der Waals surface area contributed by atoms with E-state index in [9.17, 15) is 0 Å². The Hall–Kier alpha value is -1.32. The van der Waals surface area contributed by atoms with Crippen LogP contribution in [0.3, 0.4) is 0 Å². The summed E-state index contributed by atoms with van der Waals surface area (Å²) in [4.78, 5) is 2.89. The number of rotatable bonds is 7. The van der Waals surface area contributed by atoms with E-state index in [-0.39, 0.29) is 0 Å². The van der Waals surface area contributed by atoms with Crippen molar-refractivity contribution in [3.05, 3.63) is 51.2 Å². The summed E-state index contributed by atoms with van der Waals surface area (Å²) in [7, 11) is 1.75. The number of ether oxygens (including phenoxy) is 1. The fourth-order valence-corrected chi connectivity index (χ4v) is 3.57. The summed E-state index contributed by atoms with van der Waals surface area (Å²) in [5.41, 5.74) is 2.48. The topological polar surface area (TPSA) is 21.3 Å². The van der Waals surface area contributed by atoms with Crippen molar-refractivity contribution in [3.63, 3.8) is 0 Å². The van der Waals surface area contributed by atoms with Crippen LogP contribution in [0, 0.1) is 6.92 Å². The Bertz CT molecular complexity index is 576. The van der Waals surface area contributed by atoms with Gasteiger partial charge in [0.15, 0.2) is 0 Å². The molecule has 1 heterocycles. The predicted octanol–water partition coefficient (Wildman–Crippen LogP) is 4.52. The van der Waals surface area contributed by atoms with Crippen molar-refractivity contribution in [3.8, 4) is 5.75 Å². The minimum absolute atomic E-state index is 0.300. The largest absolute Gasteiger partial charge is 0.496 e. The highest BCUT2D eigenvalue weighted by Crippen LogP contribution is 2.30. The molecule has 0 fully saturated rings. The van der Waals surface area contributed by atoms with Gasteiger partial charge in [0.2, 0.25) is 0 Å². The summed E-state index contributed by atoms with van der Waals surface area (Å²) in [6.07, 6.45) is 2.13. The van der Waals surface area contributed by atoms with Crippen LogP contribution in [0.15, 0.2) is 30.3 Å². The SMILES string of the molecule is CCNC(Cc1ccc(CC)s1)c1ccc(C)cc1OC. The molecule has 0 bridgehead atoms. The Morgan fingerprint density at radius 3 is 2.52 bits per heavy atom. The van der Waals surface area contributed by atoms with Crippen LogP contribution in [-0.2, 0) is 12.8 Å². The van der Waals surface area contributed by atoms with Gasteiger partial charge in [0.25, 0.3) is 0 Å². The average molecular weight is 303 g/mol. The van der Waals surface area contributed by atoms with Crippen LogP contribution < -0.4 is 10.1 Å². The standard InChI is InChI=1S/C18H25NOS/c1-5-14-8-9-15(21-14)12-17(19-6-2)16-10-7-13(3)11-18(16)20-4/h7-11,17,19H,5-6,12H2,1-4H3. The van der Waals surface area contributed by atoms with Crippen LogP contribution in [0.5, 0.6) is 5.75 Å². The van der Waals surface area contributed by atoms with Crippen molar-refractivity contribution in [1.82, 2.24) is 5.32 Å². The van der Waals surface area contributed by atoms with Crippen LogP contribution in [0.25, 0.3) is 0 Å². The second kappa shape index (κ2) is 7.62. The summed E-state index contributed by atoms with van der Waals surface area (Å²) >= 11 is 1.92. The molecule has 114 valence electrons. The first-order valence-corrected chi connectivity index (χ1v) is 8.45. The number of benzene rings is 1. The van der Waals surface area contributed by atoms with Gasteiger partial charge in [0, 0.05) is 27.8 Å². The van der Waals surface area contributed by atoms with E-state index in [4.69, 9.17) is 4.74 Å². The summed E-state index contributed by atoms with van der Waals surface area (Å²) in [5.74, 6) is 0.980. The van der Waals surface area contributed by atoms with Gasteiger partial charge in [-0.25, -0.2) is 0 Å². The number of nitrogens with one attached hydrogen (secondary N) is 1. The van der Waals surface area contributed by atoms with Gasteiger partial charge in [-0.1, -0.05) is 26.0 Å². The number of aryl methyl sites for hydroxylation is 2. The molecule has 3 heteroatoms. The van der Waals surface area contributed by atoms with Gasteiger partial charge >= 0.3 is 0 Å². The number of methoxy groups -OCH3 is 1. The lowest BCUT2D eigenvalue weighted by atomic mass is 10.00. The fourth-order valence-electron chi connectivity index (χ4n) is 2.57. The maximum Gasteiger partial charge on any atom is 0.123 e. The molecule has 0 spiro atoms. The summed E-state index contributed by atoms with van der Waals surface area (Å²) < 4.78 is 5.58. The Morgan fingerprint density at radius 2 is 1.90 bits per heavy atom. The molecule has 0 aliphatic carbocycles. The van der Waals surface area contributed by atoms with Gasteiger partial charge in [0.05, 0.1) is 7.11 Å². The maximum atomic E-state index is 5.58. The number of thiophene rings is 1. The lowest BCUT2D eigenvalue weighted by molar-refractivity contribution is 0.399. The molecular weight excluding hydrogens is 278 g/mol. The van der Waals surface area contributed by atoms with E-state index >= 15 is 0 Å². The van der Waals surface area contributed by atoms with E-state index in [0.717, 1.165) is 25.1 Å². The Labute approximate surface area is 132 Å². The van der Waals surface area contributed by atoms with E-state index in [0.29, 0.717) is 6.04 Å². The minimum Gasteiger partial charge on any atom is -0.496 e. The predicted molar refractivity (Wildman–Crippen MR) is 91.5 cm³/mol. The first-order valence-electron chi connectivity index (χ1n) is 7.63. The molecule has 1 N–H and O–H groups in total. The second-order valence-electron chi connectivity index (χ2n) is 5.28. The zero-order valence-electron chi connectivity index (χ0n) is 13.4. The third-order valence-electron chi connectivity index (χ3n) is 3.69. The van der Waals surface area contributed by atoms with Crippen molar-refractivity contribution < 1.29 is 4.74 Å². The van der Waals surface area contributed by atoms with Crippen LogP contribution in [0.2, 0.25) is 0 Å². The number of hydrogen-bond donors (Lipinski definition) is 1. The van der Waals surface area contributed by atoms with Gasteiger partial charge in [-0.05, 0) is 43.7 Å². The van der Waals surface area contributed by atoms with Crippen molar-refractivity contribution in [2.45, 2.75) is 39.7 Å². The molecule has 0 radical (unpaired) electrons. The van der Waals surface area contributed by atoms with Gasteiger partial charge in [-0.2, -0.15) is 0 Å². The van der Waals surface area contributed by atoms with Crippen molar-refractivity contribution in [2.75, 3.05) is 13.7 Å². The molecule has 0 aliphatic heterocycles. The van der Waals surface area contributed by atoms with E-state index < -0.39 is 0 Å². The highest BCUT2D eigenvalue weighted by atomic mass is 32.1. The molecule has 0 saturated carbocycles. The normalized spacial score (nSPS) is 12.4. The molecule has 1 unspecified atom stereocenters. The molecule has 0 amide bonds. The fraction of sp³-hybridized carbons (Fsp3) is 0.444. The zero-order valence-corrected chi connectivity index (χ0v) is 14.2. The highest BCUT2D eigenvalue weighted by Gasteiger charge is 2.17. The summed E-state index contributed by atoms with van der Waals surface area (Å²) in [6.45, 7) is 7.41.